The van der Waals surface area contributed by atoms with Crippen molar-refractivity contribution in [2.24, 2.45) is 0 Å². The van der Waals surface area contributed by atoms with Gasteiger partial charge >= 0.3 is 6.03 Å². The van der Waals surface area contributed by atoms with Crippen molar-refractivity contribution >= 4 is 23.5 Å². The Labute approximate surface area is 169 Å². The first-order valence-electron chi connectivity index (χ1n) is 9.19. The molecule has 1 saturated heterocycles. The molecule has 148 valence electrons. The van der Waals surface area contributed by atoms with E-state index < -0.39 is 18.2 Å². The number of β-amino-alcohol motifs (C(OH)–C–C–N with tert-alkyl or cyclic N) is 1. The molecule has 0 saturated carbocycles. The average Bonchev–Trinajstić information content (AvgIpc) is 2.96. The Bertz CT molecular complexity index is 815. The zero-order valence-electron chi connectivity index (χ0n) is 15.4. The van der Waals surface area contributed by atoms with Gasteiger partial charge in [-0.15, -0.1) is 0 Å². The molecule has 0 bridgehead atoms. The number of hydrogen-bond acceptors (Lipinski definition) is 4. The summed E-state index contributed by atoms with van der Waals surface area (Å²) >= 11 is 6.06. The fourth-order valence-corrected chi connectivity index (χ4v) is 3.28. The quantitative estimate of drug-likeness (QED) is 0.632. The highest BCUT2D eigenvalue weighted by Gasteiger charge is 2.38. The summed E-state index contributed by atoms with van der Waals surface area (Å²) in [6.07, 6.45) is 0.240. The summed E-state index contributed by atoms with van der Waals surface area (Å²) in [5.41, 5.74) is 1.92. The van der Waals surface area contributed by atoms with Gasteiger partial charge in [-0.2, -0.15) is 0 Å². The van der Waals surface area contributed by atoms with Crippen molar-refractivity contribution in [2.75, 3.05) is 13.2 Å². The highest BCUT2D eigenvalue weighted by molar-refractivity contribution is 6.31. The number of benzene rings is 2. The van der Waals surface area contributed by atoms with Crippen LogP contribution in [0.1, 0.15) is 17.5 Å². The largest absolute Gasteiger partial charge is 0.389 e. The first kappa shape index (κ1) is 20.3. The summed E-state index contributed by atoms with van der Waals surface area (Å²) < 4.78 is 5.47. The average molecular weight is 403 g/mol. The number of nitrogens with zero attached hydrogens (tertiary/aromatic N) is 1. The number of ether oxygens (including phenoxy) is 1. The molecule has 2 atom stereocenters. The minimum absolute atomic E-state index is 0.00301. The topological polar surface area (TPSA) is 78.9 Å². The molecule has 2 aromatic rings. The lowest BCUT2D eigenvalue weighted by atomic mass is 10.1. The van der Waals surface area contributed by atoms with Crippen LogP contribution in [0.2, 0.25) is 5.02 Å². The number of aryl methyl sites for hydroxylation is 1. The minimum atomic E-state index is -0.968. The van der Waals surface area contributed by atoms with E-state index in [0.29, 0.717) is 17.9 Å². The third-order valence-electron chi connectivity index (χ3n) is 4.59. The van der Waals surface area contributed by atoms with Crippen LogP contribution < -0.4 is 5.32 Å². The molecule has 28 heavy (non-hydrogen) atoms. The maximum atomic E-state index is 12.5. The molecule has 1 aliphatic heterocycles. The van der Waals surface area contributed by atoms with Crippen LogP contribution >= 0.6 is 11.6 Å². The molecular weight excluding hydrogens is 380 g/mol. The molecule has 0 aliphatic carbocycles. The number of halogens is 1. The normalized spacial score (nSPS) is 17.6. The molecule has 0 radical (unpaired) electrons. The number of carbonyl (C=O) groups excluding carboxylic acids is 2. The summed E-state index contributed by atoms with van der Waals surface area (Å²) in [6.45, 7) is 0.141. The predicted octanol–water partition coefficient (Wildman–Crippen LogP) is 2.77. The number of aliphatic hydroxyl groups is 1. The van der Waals surface area contributed by atoms with Gasteiger partial charge in [0.15, 0.2) is 0 Å². The fraction of sp³-hybridized carbons (Fsp3) is 0.333. The number of hydrogen-bond donors (Lipinski definition) is 2. The van der Waals surface area contributed by atoms with Crippen LogP contribution in [0.15, 0.2) is 54.6 Å². The Morgan fingerprint density at radius 3 is 2.57 bits per heavy atom. The number of urea groups is 1. The minimum Gasteiger partial charge on any atom is -0.389 e. The summed E-state index contributed by atoms with van der Waals surface area (Å²) in [6, 6.07) is 16.0. The SMILES string of the molecule is O=C1NC(CCc2ccccc2)C(=O)N1CC(O)COCc1ccccc1Cl. The van der Waals surface area contributed by atoms with E-state index in [1.165, 1.54) is 0 Å². The monoisotopic (exact) mass is 402 g/mol. The first-order chi connectivity index (χ1) is 13.5. The van der Waals surface area contributed by atoms with Gasteiger partial charge in [-0.05, 0) is 30.0 Å². The van der Waals surface area contributed by atoms with E-state index in [2.05, 4.69) is 5.32 Å². The van der Waals surface area contributed by atoms with Crippen molar-refractivity contribution in [1.82, 2.24) is 10.2 Å². The maximum absolute atomic E-state index is 12.5. The fourth-order valence-electron chi connectivity index (χ4n) is 3.08. The van der Waals surface area contributed by atoms with Gasteiger partial charge in [0.05, 0.1) is 25.9 Å². The van der Waals surface area contributed by atoms with Gasteiger partial charge in [0.2, 0.25) is 0 Å². The van der Waals surface area contributed by atoms with Crippen molar-refractivity contribution in [3.63, 3.8) is 0 Å². The number of nitrogens with one attached hydrogen (secondary N) is 1. The molecule has 2 unspecified atom stereocenters. The molecule has 0 spiro atoms. The standard InChI is InChI=1S/C21H23ClN2O4/c22-18-9-5-4-8-16(18)13-28-14-17(25)12-24-20(26)19(23-21(24)27)11-10-15-6-2-1-3-7-15/h1-9,17,19,25H,10-14H2,(H,23,27). The highest BCUT2D eigenvalue weighted by Crippen LogP contribution is 2.16. The second-order valence-corrected chi connectivity index (χ2v) is 7.14. The third-order valence-corrected chi connectivity index (χ3v) is 4.96. The van der Waals surface area contributed by atoms with Gasteiger partial charge in [-0.3, -0.25) is 9.69 Å². The number of carbonyl (C=O) groups is 2. The lowest BCUT2D eigenvalue weighted by molar-refractivity contribution is -0.129. The molecule has 7 heteroatoms. The van der Waals surface area contributed by atoms with E-state index in [1.807, 2.05) is 48.5 Å². The van der Waals surface area contributed by atoms with Crippen LogP contribution in [0, 0.1) is 0 Å². The van der Waals surface area contributed by atoms with Gasteiger partial charge in [0.1, 0.15) is 6.04 Å². The lowest BCUT2D eigenvalue weighted by Crippen LogP contribution is -2.39. The smallest absolute Gasteiger partial charge is 0.324 e. The van der Waals surface area contributed by atoms with Gasteiger partial charge in [0.25, 0.3) is 5.91 Å². The van der Waals surface area contributed by atoms with E-state index in [0.717, 1.165) is 16.0 Å². The number of aliphatic hydroxyl groups excluding tert-OH is 1. The molecule has 3 amide bonds. The zero-order chi connectivity index (χ0) is 19.9. The molecule has 2 N–H and O–H groups in total. The van der Waals surface area contributed by atoms with Crippen LogP contribution in [0.5, 0.6) is 0 Å². The molecular formula is C21H23ClN2O4. The molecule has 1 heterocycles. The van der Waals surface area contributed by atoms with E-state index >= 15 is 0 Å². The van der Waals surface area contributed by atoms with E-state index in [1.54, 1.807) is 6.07 Å². The second-order valence-electron chi connectivity index (χ2n) is 6.74. The Hall–Kier alpha value is -2.41. The zero-order valence-corrected chi connectivity index (χ0v) is 16.1. The highest BCUT2D eigenvalue weighted by atomic mass is 35.5. The molecule has 0 aromatic heterocycles. The Morgan fingerprint density at radius 1 is 1.11 bits per heavy atom. The van der Waals surface area contributed by atoms with Gasteiger partial charge < -0.3 is 15.2 Å². The molecule has 3 rings (SSSR count). The summed E-state index contributed by atoms with van der Waals surface area (Å²) in [7, 11) is 0. The second kappa shape index (κ2) is 9.68. The van der Waals surface area contributed by atoms with Crippen LogP contribution in [0.4, 0.5) is 4.79 Å². The van der Waals surface area contributed by atoms with Crippen molar-refractivity contribution in [1.29, 1.82) is 0 Å². The van der Waals surface area contributed by atoms with Crippen molar-refractivity contribution < 1.29 is 19.4 Å². The Morgan fingerprint density at radius 2 is 1.82 bits per heavy atom. The third kappa shape index (κ3) is 5.32. The summed E-state index contributed by atoms with van der Waals surface area (Å²) in [4.78, 5) is 25.6. The van der Waals surface area contributed by atoms with Gasteiger partial charge in [-0.25, -0.2) is 4.79 Å². The van der Waals surface area contributed by atoms with Crippen molar-refractivity contribution in [2.45, 2.75) is 31.6 Å². The number of imide groups is 1. The Kier molecular flexibility index (Phi) is 7.03. The molecule has 2 aromatic carbocycles. The first-order valence-corrected chi connectivity index (χ1v) is 9.57. The number of amides is 3. The van der Waals surface area contributed by atoms with Crippen LogP contribution in [0.25, 0.3) is 0 Å². The molecule has 1 fully saturated rings. The van der Waals surface area contributed by atoms with E-state index in [-0.39, 0.29) is 25.7 Å². The van der Waals surface area contributed by atoms with Crippen molar-refractivity contribution in [3.05, 3.63) is 70.7 Å². The molecule has 6 nitrogen and oxygen atoms in total. The Balaban J connectivity index is 1.45. The van der Waals surface area contributed by atoms with Gasteiger partial charge in [-0.1, -0.05) is 60.1 Å². The van der Waals surface area contributed by atoms with Crippen molar-refractivity contribution in [3.8, 4) is 0 Å². The van der Waals surface area contributed by atoms with Crippen LogP contribution in [0.3, 0.4) is 0 Å². The van der Waals surface area contributed by atoms with Gasteiger partial charge in [0, 0.05) is 5.02 Å². The molecule has 1 aliphatic rings. The number of rotatable bonds is 9. The van der Waals surface area contributed by atoms with Crippen LogP contribution in [-0.4, -0.2) is 47.2 Å². The summed E-state index contributed by atoms with van der Waals surface area (Å²) in [5.74, 6) is -0.314. The lowest BCUT2D eigenvalue weighted by Gasteiger charge is -2.18. The predicted molar refractivity (Wildman–Crippen MR) is 106 cm³/mol. The van der Waals surface area contributed by atoms with Crippen LogP contribution in [-0.2, 0) is 22.6 Å². The van der Waals surface area contributed by atoms with E-state index in [4.69, 9.17) is 16.3 Å². The summed E-state index contributed by atoms with van der Waals surface area (Å²) in [5, 5.41) is 13.4. The maximum Gasteiger partial charge on any atom is 0.324 e. The van der Waals surface area contributed by atoms with E-state index in [9.17, 15) is 14.7 Å².